The van der Waals surface area contributed by atoms with Crippen LogP contribution in [-0.2, 0) is 6.54 Å². The monoisotopic (exact) mass is 280 g/mol. The molecular weight excluding hydrogens is 259 g/mol. The number of nitrogens with zero attached hydrogens (tertiary/aromatic N) is 2. The molecule has 2 rings (SSSR count). The molecule has 0 fully saturated rings. The van der Waals surface area contributed by atoms with Crippen molar-refractivity contribution in [1.29, 1.82) is 0 Å². The van der Waals surface area contributed by atoms with Gasteiger partial charge in [-0.3, -0.25) is 4.90 Å². The maximum absolute atomic E-state index is 13.1. The molecule has 0 radical (unpaired) electrons. The van der Waals surface area contributed by atoms with Gasteiger partial charge in [-0.05, 0) is 25.1 Å². The fraction of sp³-hybridized carbons (Fsp3) is 0.533. The van der Waals surface area contributed by atoms with Gasteiger partial charge in [-0.15, -0.1) is 0 Å². The Hall–Kier alpha value is -1.46. The largest absolute Gasteiger partial charge is 0.439 e. The third-order valence-corrected chi connectivity index (χ3v) is 3.25. The number of hydrogen-bond acceptors (Lipinski definition) is 4. The SMILES string of the molecule is CCCCCN(CCO)Cc1nc2ccc(F)cc2o1. The molecule has 0 atom stereocenters. The van der Waals surface area contributed by atoms with Crippen molar-refractivity contribution in [3.8, 4) is 0 Å². The number of unbranched alkanes of at least 4 members (excludes halogenated alkanes) is 2. The van der Waals surface area contributed by atoms with Crippen molar-refractivity contribution in [1.82, 2.24) is 9.88 Å². The Bertz CT molecular complexity index is 542. The summed E-state index contributed by atoms with van der Waals surface area (Å²) in [6.45, 7) is 4.31. The van der Waals surface area contributed by atoms with E-state index in [1.807, 2.05) is 0 Å². The van der Waals surface area contributed by atoms with E-state index < -0.39 is 0 Å². The molecule has 0 spiro atoms. The summed E-state index contributed by atoms with van der Waals surface area (Å²) < 4.78 is 18.7. The quantitative estimate of drug-likeness (QED) is 0.755. The summed E-state index contributed by atoms with van der Waals surface area (Å²) in [6, 6.07) is 4.34. The second-order valence-electron chi connectivity index (χ2n) is 4.93. The van der Waals surface area contributed by atoms with Gasteiger partial charge >= 0.3 is 0 Å². The molecule has 0 aliphatic carbocycles. The molecule has 1 aromatic heterocycles. The predicted molar refractivity (Wildman–Crippen MR) is 75.9 cm³/mol. The van der Waals surface area contributed by atoms with Crippen LogP contribution in [0.15, 0.2) is 22.6 Å². The number of aliphatic hydroxyl groups is 1. The molecule has 0 saturated carbocycles. The van der Waals surface area contributed by atoms with Gasteiger partial charge in [0.15, 0.2) is 5.58 Å². The normalized spacial score (nSPS) is 11.6. The number of rotatable bonds is 8. The van der Waals surface area contributed by atoms with Gasteiger partial charge in [0.2, 0.25) is 5.89 Å². The Morgan fingerprint density at radius 3 is 2.90 bits per heavy atom. The first-order valence-corrected chi connectivity index (χ1v) is 7.11. The first-order valence-electron chi connectivity index (χ1n) is 7.11. The lowest BCUT2D eigenvalue weighted by atomic mass is 10.2. The van der Waals surface area contributed by atoms with Gasteiger partial charge in [0.25, 0.3) is 0 Å². The van der Waals surface area contributed by atoms with Gasteiger partial charge in [-0.25, -0.2) is 9.37 Å². The zero-order chi connectivity index (χ0) is 14.4. The maximum Gasteiger partial charge on any atom is 0.209 e. The summed E-state index contributed by atoms with van der Waals surface area (Å²) in [5.74, 6) is 0.242. The van der Waals surface area contributed by atoms with E-state index in [1.165, 1.54) is 18.6 Å². The summed E-state index contributed by atoms with van der Waals surface area (Å²) in [6.07, 6.45) is 3.42. The zero-order valence-electron chi connectivity index (χ0n) is 11.8. The van der Waals surface area contributed by atoms with E-state index in [1.54, 1.807) is 6.07 Å². The van der Waals surface area contributed by atoms with Gasteiger partial charge in [-0.2, -0.15) is 0 Å². The van der Waals surface area contributed by atoms with Crippen LogP contribution >= 0.6 is 0 Å². The van der Waals surface area contributed by atoms with Crippen molar-refractivity contribution >= 4 is 11.1 Å². The molecule has 0 unspecified atom stereocenters. The minimum atomic E-state index is -0.324. The highest BCUT2D eigenvalue weighted by Gasteiger charge is 2.11. The van der Waals surface area contributed by atoms with Crippen LogP contribution in [0, 0.1) is 5.82 Å². The number of fused-ring (bicyclic) bond motifs is 1. The lowest BCUT2D eigenvalue weighted by molar-refractivity contribution is 0.177. The number of hydrogen-bond donors (Lipinski definition) is 1. The Kier molecular flexibility index (Phi) is 5.49. The molecule has 0 saturated heterocycles. The average molecular weight is 280 g/mol. The zero-order valence-corrected chi connectivity index (χ0v) is 11.8. The van der Waals surface area contributed by atoms with Crippen molar-refractivity contribution < 1.29 is 13.9 Å². The summed E-state index contributed by atoms with van der Waals surface area (Å²) >= 11 is 0. The first-order chi connectivity index (χ1) is 9.72. The van der Waals surface area contributed by atoms with Gasteiger partial charge in [0.1, 0.15) is 11.3 Å². The lowest BCUT2D eigenvalue weighted by Crippen LogP contribution is -2.27. The molecule has 2 aromatic rings. The fourth-order valence-corrected chi connectivity index (χ4v) is 2.20. The maximum atomic E-state index is 13.1. The molecule has 5 heteroatoms. The van der Waals surface area contributed by atoms with Crippen molar-refractivity contribution in [3.63, 3.8) is 0 Å². The van der Waals surface area contributed by atoms with Crippen molar-refractivity contribution in [3.05, 3.63) is 29.9 Å². The van der Waals surface area contributed by atoms with Gasteiger partial charge in [0, 0.05) is 12.6 Å². The number of oxazole rings is 1. The Labute approximate surface area is 118 Å². The predicted octanol–water partition coefficient (Wildman–Crippen LogP) is 2.95. The minimum absolute atomic E-state index is 0.112. The van der Waals surface area contributed by atoms with Crippen molar-refractivity contribution in [2.24, 2.45) is 0 Å². The molecule has 1 aromatic carbocycles. The van der Waals surface area contributed by atoms with Crippen LogP contribution in [0.1, 0.15) is 32.1 Å². The van der Waals surface area contributed by atoms with Crippen LogP contribution in [0.3, 0.4) is 0 Å². The highest BCUT2D eigenvalue weighted by Crippen LogP contribution is 2.18. The number of benzene rings is 1. The molecule has 0 aliphatic rings. The van der Waals surface area contributed by atoms with E-state index >= 15 is 0 Å². The number of aliphatic hydroxyl groups excluding tert-OH is 1. The average Bonchev–Trinajstić information content (AvgIpc) is 2.80. The number of halogens is 1. The molecule has 1 N–H and O–H groups in total. The third kappa shape index (κ3) is 4.02. The van der Waals surface area contributed by atoms with Crippen LogP contribution in [0.4, 0.5) is 4.39 Å². The summed E-state index contributed by atoms with van der Waals surface area (Å²) in [5, 5.41) is 9.11. The van der Waals surface area contributed by atoms with E-state index in [2.05, 4.69) is 16.8 Å². The second kappa shape index (κ2) is 7.36. The summed E-state index contributed by atoms with van der Waals surface area (Å²) in [7, 11) is 0. The molecular formula is C15H21FN2O2. The Balaban J connectivity index is 2.03. The molecule has 110 valence electrons. The topological polar surface area (TPSA) is 49.5 Å². The molecule has 1 heterocycles. The third-order valence-electron chi connectivity index (χ3n) is 3.25. The van der Waals surface area contributed by atoms with Crippen molar-refractivity contribution in [2.75, 3.05) is 19.7 Å². The van der Waals surface area contributed by atoms with E-state index in [-0.39, 0.29) is 12.4 Å². The molecule has 4 nitrogen and oxygen atoms in total. The molecule has 0 amide bonds. The Morgan fingerprint density at radius 2 is 2.15 bits per heavy atom. The summed E-state index contributed by atoms with van der Waals surface area (Å²) in [4.78, 5) is 6.46. The molecule has 20 heavy (non-hydrogen) atoms. The van der Waals surface area contributed by atoms with Crippen LogP contribution < -0.4 is 0 Å². The first kappa shape index (κ1) is 14.9. The minimum Gasteiger partial charge on any atom is -0.439 e. The van der Waals surface area contributed by atoms with Crippen LogP contribution in [0.25, 0.3) is 11.1 Å². The summed E-state index contributed by atoms with van der Waals surface area (Å²) in [5.41, 5.74) is 1.14. The van der Waals surface area contributed by atoms with Gasteiger partial charge in [-0.1, -0.05) is 19.8 Å². The number of aromatic nitrogens is 1. The Morgan fingerprint density at radius 1 is 1.30 bits per heavy atom. The lowest BCUT2D eigenvalue weighted by Gasteiger charge is -2.19. The van der Waals surface area contributed by atoms with Crippen LogP contribution in [-0.4, -0.2) is 34.7 Å². The highest BCUT2D eigenvalue weighted by atomic mass is 19.1. The van der Waals surface area contributed by atoms with Crippen molar-refractivity contribution in [2.45, 2.75) is 32.7 Å². The van der Waals surface area contributed by atoms with Crippen LogP contribution in [0.2, 0.25) is 0 Å². The van der Waals surface area contributed by atoms with Gasteiger partial charge < -0.3 is 9.52 Å². The van der Waals surface area contributed by atoms with Crippen LogP contribution in [0.5, 0.6) is 0 Å². The second-order valence-corrected chi connectivity index (χ2v) is 4.93. The van der Waals surface area contributed by atoms with E-state index in [9.17, 15) is 4.39 Å². The van der Waals surface area contributed by atoms with E-state index in [4.69, 9.17) is 9.52 Å². The highest BCUT2D eigenvalue weighted by molar-refractivity contribution is 5.72. The standard InChI is InChI=1S/C15H21FN2O2/c1-2-3-4-7-18(8-9-19)11-15-17-13-6-5-12(16)10-14(13)20-15/h5-6,10,19H,2-4,7-9,11H2,1H3. The molecule has 0 aliphatic heterocycles. The smallest absolute Gasteiger partial charge is 0.209 e. The van der Waals surface area contributed by atoms with E-state index in [0.29, 0.717) is 30.1 Å². The molecule has 0 bridgehead atoms. The van der Waals surface area contributed by atoms with Gasteiger partial charge in [0.05, 0.1) is 13.2 Å². The van der Waals surface area contributed by atoms with E-state index in [0.717, 1.165) is 19.4 Å². The fourth-order valence-electron chi connectivity index (χ4n) is 2.20.